The summed E-state index contributed by atoms with van der Waals surface area (Å²) in [7, 11) is 0. The zero-order valence-electron chi connectivity index (χ0n) is 12.3. The number of nitrogens with zero attached hydrogens (tertiary/aromatic N) is 2. The highest BCUT2D eigenvalue weighted by atomic mass is 32.1. The molecule has 0 aromatic carbocycles. The smallest absolute Gasteiger partial charge is 0.326 e. The van der Waals surface area contributed by atoms with Gasteiger partial charge < -0.3 is 15.5 Å². The molecule has 1 unspecified atom stereocenters. The first kappa shape index (κ1) is 16.2. The summed E-state index contributed by atoms with van der Waals surface area (Å²) in [5, 5.41) is 21.6. The summed E-state index contributed by atoms with van der Waals surface area (Å²) in [5.74, 6) is -1.14. The zero-order valence-corrected chi connectivity index (χ0v) is 13.1. The number of nitrogens with one attached hydrogen (secondary N) is 1. The van der Waals surface area contributed by atoms with E-state index in [1.54, 1.807) is 18.3 Å². The average Bonchev–Trinajstić information content (AvgIpc) is 2.85. The normalized spacial score (nSPS) is 12.3. The number of hydrogen-bond acceptors (Lipinski definition) is 6. The maximum absolute atomic E-state index is 11.3. The van der Waals surface area contributed by atoms with Gasteiger partial charge in [0, 0.05) is 11.3 Å². The Morgan fingerprint density at radius 2 is 2.09 bits per heavy atom. The van der Waals surface area contributed by atoms with Crippen molar-refractivity contribution < 1.29 is 19.8 Å². The van der Waals surface area contributed by atoms with E-state index in [0.29, 0.717) is 11.6 Å². The molecule has 3 N–H and O–H groups in total. The van der Waals surface area contributed by atoms with E-state index in [2.05, 4.69) is 15.3 Å². The highest BCUT2D eigenvalue weighted by Crippen LogP contribution is 2.29. The van der Waals surface area contributed by atoms with E-state index in [4.69, 9.17) is 5.11 Å². The molecule has 2 heterocycles. The van der Waals surface area contributed by atoms with Crippen molar-refractivity contribution in [3.8, 4) is 0 Å². The van der Waals surface area contributed by atoms with Crippen molar-refractivity contribution in [2.45, 2.75) is 39.2 Å². The molecule has 2 aromatic rings. The fraction of sp³-hybridized carbons (Fsp3) is 0.429. The van der Waals surface area contributed by atoms with Crippen LogP contribution in [0, 0.1) is 6.92 Å². The summed E-state index contributed by atoms with van der Waals surface area (Å²) < 4.78 is 0. The van der Waals surface area contributed by atoms with Crippen LogP contribution in [0.4, 0.5) is 5.82 Å². The Balaban J connectivity index is 2.33. The zero-order chi connectivity index (χ0) is 16.3. The molecule has 0 aliphatic carbocycles. The minimum Gasteiger partial charge on any atom is -0.481 e. The van der Waals surface area contributed by atoms with Gasteiger partial charge in [-0.2, -0.15) is 0 Å². The Hall–Kier alpha value is -2.22. The lowest BCUT2D eigenvalue weighted by molar-refractivity contribution is -0.139. The molecule has 0 spiro atoms. The highest BCUT2D eigenvalue weighted by molar-refractivity contribution is 7.18. The maximum atomic E-state index is 11.3. The number of aromatic nitrogens is 2. The van der Waals surface area contributed by atoms with Gasteiger partial charge in [0.1, 0.15) is 22.5 Å². The van der Waals surface area contributed by atoms with Crippen molar-refractivity contribution in [3.63, 3.8) is 0 Å². The Morgan fingerprint density at radius 3 is 2.68 bits per heavy atom. The molecular weight excluding hydrogens is 306 g/mol. The van der Waals surface area contributed by atoms with E-state index >= 15 is 0 Å². The van der Waals surface area contributed by atoms with E-state index in [1.165, 1.54) is 0 Å². The topological polar surface area (TPSA) is 112 Å². The van der Waals surface area contributed by atoms with Gasteiger partial charge in [-0.1, -0.05) is 6.92 Å². The van der Waals surface area contributed by atoms with Crippen LogP contribution in [0.2, 0.25) is 0 Å². The summed E-state index contributed by atoms with van der Waals surface area (Å²) in [5.41, 5.74) is 0. The molecule has 0 saturated carbocycles. The summed E-state index contributed by atoms with van der Waals surface area (Å²) in [6, 6.07) is 0.941. The van der Waals surface area contributed by atoms with E-state index in [1.807, 2.05) is 13.0 Å². The lowest BCUT2D eigenvalue weighted by Gasteiger charge is -2.15. The molecule has 0 amide bonds. The van der Waals surface area contributed by atoms with E-state index in [-0.39, 0.29) is 12.8 Å². The molecule has 0 aliphatic rings. The van der Waals surface area contributed by atoms with Crippen molar-refractivity contribution in [1.29, 1.82) is 0 Å². The fourth-order valence-corrected chi connectivity index (χ4v) is 3.07. The minimum atomic E-state index is -1.10. The van der Waals surface area contributed by atoms with Crippen molar-refractivity contribution in [1.82, 2.24) is 9.97 Å². The average molecular weight is 323 g/mol. The lowest BCUT2D eigenvalue weighted by Crippen LogP contribution is -2.30. The quantitative estimate of drug-likeness (QED) is 0.716. The molecule has 22 heavy (non-hydrogen) atoms. The number of carboxylic acid groups (broad SMARTS) is 2. The van der Waals surface area contributed by atoms with Gasteiger partial charge in [-0.3, -0.25) is 4.79 Å². The summed E-state index contributed by atoms with van der Waals surface area (Å²) in [6.45, 7) is 3.77. The number of aryl methyl sites for hydroxylation is 2. The van der Waals surface area contributed by atoms with Crippen molar-refractivity contribution in [2.24, 2.45) is 0 Å². The highest BCUT2D eigenvalue weighted by Gasteiger charge is 2.21. The SMILES string of the molecule is CCc1cc2c(NC(CCC(=O)O)C(=O)O)nc(C)nc2s1. The second kappa shape index (κ2) is 6.69. The Kier molecular flexibility index (Phi) is 4.92. The number of anilines is 1. The van der Waals surface area contributed by atoms with Crippen LogP contribution >= 0.6 is 11.3 Å². The van der Waals surface area contributed by atoms with Gasteiger partial charge in [-0.15, -0.1) is 11.3 Å². The summed E-state index contributed by atoms with van der Waals surface area (Å²) in [4.78, 5) is 32.5. The molecule has 2 aromatic heterocycles. The van der Waals surface area contributed by atoms with Gasteiger partial charge in [0.15, 0.2) is 0 Å². The molecule has 118 valence electrons. The van der Waals surface area contributed by atoms with Gasteiger partial charge in [-0.25, -0.2) is 14.8 Å². The molecule has 2 rings (SSSR count). The lowest BCUT2D eigenvalue weighted by atomic mass is 10.1. The minimum absolute atomic E-state index is 0.0139. The van der Waals surface area contributed by atoms with Gasteiger partial charge in [0.05, 0.1) is 5.39 Å². The predicted molar refractivity (Wildman–Crippen MR) is 83.4 cm³/mol. The van der Waals surface area contributed by atoms with Crippen LogP contribution in [0.15, 0.2) is 6.07 Å². The van der Waals surface area contributed by atoms with Gasteiger partial charge >= 0.3 is 11.9 Å². The third kappa shape index (κ3) is 3.70. The maximum Gasteiger partial charge on any atom is 0.326 e. The van der Waals surface area contributed by atoms with Crippen LogP contribution in [0.3, 0.4) is 0 Å². The number of rotatable bonds is 7. The summed E-state index contributed by atoms with van der Waals surface area (Å²) >= 11 is 1.55. The predicted octanol–water partition coefficient (Wildman–Crippen LogP) is 2.29. The number of carboxylic acids is 2. The molecule has 0 fully saturated rings. The van der Waals surface area contributed by atoms with E-state index < -0.39 is 18.0 Å². The Morgan fingerprint density at radius 1 is 1.36 bits per heavy atom. The van der Waals surface area contributed by atoms with Crippen LogP contribution < -0.4 is 5.32 Å². The molecule has 0 bridgehead atoms. The molecule has 0 aliphatic heterocycles. The second-order valence-corrected chi connectivity index (χ2v) is 5.99. The Bertz CT molecular complexity index is 713. The third-order valence-electron chi connectivity index (χ3n) is 3.16. The standard InChI is InChI=1S/C14H17N3O4S/c1-3-8-6-9-12(15-7(2)16-13(9)22-8)17-10(14(20)21)4-5-11(18)19/h6,10H,3-5H2,1-2H3,(H,18,19)(H,20,21)(H,15,16,17). The number of thiophene rings is 1. The first-order valence-corrected chi connectivity index (χ1v) is 7.70. The monoisotopic (exact) mass is 323 g/mol. The fourth-order valence-electron chi connectivity index (χ4n) is 2.05. The molecule has 7 nitrogen and oxygen atoms in total. The van der Waals surface area contributed by atoms with Crippen molar-refractivity contribution in [2.75, 3.05) is 5.32 Å². The van der Waals surface area contributed by atoms with E-state index in [9.17, 15) is 14.7 Å². The van der Waals surface area contributed by atoms with Crippen LogP contribution in [0.1, 0.15) is 30.5 Å². The third-order valence-corrected chi connectivity index (χ3v) is 4.33. The molecule has 8 heteroatoms. The largest absolute Gasteiger partial charge is 0.481 e. The number of fused-ring (bicyclic) bond motifs is 1. The molecule has 1 atom stereocenters. The molecular formula is C14H17N3O4S. The molecule has 0 saturated heterocycles. The van der Waals surface area contributed by atoms with Gasteiger partial charge in [-0.05, 0) is 25.8 Å². The van der Waals surface area contributed by atoms with Gasteiger partial charge in [0.2, 0.25) is 0 Å². The van der Waals surface area contributed by atoms with Crippen LogP contribution in [0.5, 0.6) is 0 Å². The van der Waals surface area contributed by atoms with E-state index in [0.717, 1.165) is 21.5 Å². The van der Waals surface area contributed by atoms with Crippen molar-refractivity contribution in [3.05, 3.63) is 16.8 Å². The second-order valence-electron chi connectivity index (χ2n) is 4.87. The first-order valence-electron chi connectivity index (χ1n) is 6.89. The van der Waals surface area contributed by atoms with Crippen LogP contribution in [-0.2, 0) is 16.0 Å². The van der Waals surface area contributed by atoms with Crippen molar-refractivity contribution >= 4 is 39.3 Å². The molecule has 0 radical (unpaired) electrons. The Labute approximate surface area is 131 Å². The number of carbonyl (C=O) groups is 2. The first-order chi connectivity index (χ1) is 10.4. The van der Waals surface area contributed by atoms with Crippen LogP contribution in [0.25, 0.3) is 10.2 Å². The van der Waals surface area contributed by atoms with Gasteiger partial charge in [0.25, 0.3) is 0 Å². The summed E-state index contributed by atoms with van der Waals surface area (Å²) in [6.07, 6.45) is 0.627. The van der Waals surface area contributed by atoms with Crippen LogP contribution in [-0.4, -0.2) is 38.2 Å². The number of aliphatic carboxylic acids is 2. The number of hydrogen-bond donors (Lipinski definition) is 3.